The van der Waals surface area contributed by atoms with Crippen molar-refractivity contribution in [1.82, 2.24) is 10.3 Å². The molecule has 0 aliphatic carbocycles. The number of hydrogen-bond acceptors (Lipinski definition) is 5. The maximum atomic E-state index is 13.8. The minimum absolute atomic E-state index is 0.254. The Morgan fingerprint density at radius 2 is 2.12 bits per heavy atom. The molecule has 2 aromatic rings. The summed E-state index contributed by atoms with van der Waals surface area (Å²) >= 11 is 1.37. The lowest BCUT2D eigenvalue weighted by atomic mass is 10.1. The number of hydrogen-bond donors (Lipinski definition) is 1. The molecule has 1 N–H and O–H groups in total. The Kier molecular flexibility index (Phi) is 4.30. The van der Waals surface area contributed by atoms with Crippen molar-refractivity contribution in [3.05, 3.63) is 83.1 Å². The molecule has 2 heterocycles. The lowest BCUT2D eigenvalue weighted by Gasteiger charge is -2.34. The minimum atomic E-state index is -0.610. The maximum Gasteiger partial charge on any atom is 0.276 e. The number of amides is 1. The van der Waals surface area contributed by atoms with Crippen LogP contribution in [0.3, 0.4) is 0 Å². The van der Waals surface area contributed by atoms with Gasteiger partial charge in [0.2, 0.25) is 0 Å². The van der Waals surface area contributed by atoms with Crippen LogP contribution in [0, 0.1) is 5.82 Å². The molecule has 26 heavy (non-hydrogen) atoms. The third kappa shape index (κ3) is 2.90. The van der Waals surface area contributed by atoms with Gasteiger partial charge in [0.15, 0.2) is 11.3 Å². The van der Waals surface area contributed by atoms with Gasteiger partial charge >= 0.3 is 0 Å². The third-order valence-electron chi connectivity index (χ3n) is 4.00. The summed E-state index contributed by atoms with van der Waals surface area (Å²) < 4.78 is 13.8. The summed E-state index contributed by atoms with van der Waals surface area (Å²) in [4.78, 5) is 17.5. The monoisotopic (exact) mass is 366 g/mol. The van der Waals surface area contributed by atoms with E-state index >= 15 is 0 Å². The highest BCUT2D eigenvalue weighted by molar-refractivity contribution is 8.14. The van der Waals surface area contributed by atoms with Crippen LogP contribution in [-0.2, 0) is 4.79 Å². The van der Waals surface area contributed by atoms with E-state index in [9.17, 15) is 9.18 Å². The summed E-state index contributed by atoms with van der Waals surface area (Å²) in [5.74, 6) is 0.000755. The smallest absolute Gasteiger partial charge is 0.276 e. The van der Waals surface area contributed by atoms with Crippen molar-refractivity contribution in [2.45, 2.75) is 6.17 Å². The highest BCUT2D eigenvalue weighted by atomic mass is 32.2. The molecule has 2 aliphatic rings. The average molecular weight is 366 g/mol. The van der Waals surface area contributed by atoms with Crippen molar-refractivity contribution in [3.63, 3.8) is 0 Å². The number of thioether (sulfide) groups is 1. The topological polar surface area (TPSA) is 57.1 Å². The molecule has 7 heteroatoms. The normalized spacial score (nSPS) is 18.3. The van der Waals surface area contributed by atoms with Crippen LogP contribution < -0.4 is 15.9 Å². The number of benzene rings is 2. The molecule has 0 radical (unpaired) electrons. The van der Waals surface area contributed by atoms with Gasteiger partial charge in [0.1, 0.15) is 11.5 Å². The summed E-state index contributed by atoms with van der Waals surface area (Å²) in [6.45, 7) is 3.68. The Labute approximate surface area is 153 Å². The molecule has 1 amide bonds. The molecule has 0 bridgehead atoms. The molecule has 5 nitrogen and oxygen atoms in total. The predicted molar refractivity (Wildman–Crippen MR) is 99.8 cm³/mol. The van der Waals surface area contributed by atoms with E-state index in [1.54, 1.807) is 23.2 Å². The van der Waals surface area contributed by atoms with Crippen molar-refractivity contribution in [2.24, 2.45) is 10.1 Å². The molecule has 1 unspecified atom stereocenters. The molecule has 2 aliphatic heterocycles. The van der Waals surface area contributed by atoms with Crippen LogP contribution in [-0.4, -0.2) is 21.8 Å². The van der Waals surface area contributed by atoms with Crippen molar-refractivity contribution in [1.29, 1.82) is 0 Å². The maximum absolute atomic E-state index is 13.8. The second-order valence-corrected chi connectivity index (χ2v) is 6.74. The Hall–Kier alpha value is -2.93. The zero-order chi connectivity index (χ0) is 18.1. The van der Waals surface area contributed by atoms with Crippen LogP contribution in [0.1, 0.15) is 11.7 Å². The van der Waals surface area contributed by atoms with Crippen LogP contribution in [0.15, 0.2) is 71.3 Å². The van der Waals surface area contributed by atoms with Crippen LogP contribution in [0.2, 0.25) is 0 Å². The van der Waals surface area contributed by atoms with E-state index in [2.05, 4.69) is 17.0 Å². The summed E-state index contributed by atoms with van der Waals surface area (Å²) in [5.41, 5.74) is 1.04. The van der Waals surface area contributed by atoms with Gasteiger partial charge in [-0.1, -0.05) is 48.2 Å². The van der Waals surface area contributed by atoms with Gasteiger partial charge in [-0.05, 0) is 18.2 Å². The number of carbonyl (C=O) groups excluding carboxylic acids is 1. The number of amidine groups is 1. The first-order valence-corrected chi connectivity index (χ1v) is 9.01. The number of hydrazone groups is 1. The Morgan fingerprint density at radius 3 is 2.92 bits per heavy atom. The predicted octanol–water partition coefficient (Wildman–Crippen LogP) is 1.89. The number of nitrogens with zero attached hydrogens (tertiary/aromatic N) is 3. The molecular weight excluding hydrogens is 351 g/mol. The second-order valence-electron chi connectivity index (χ2n) is 5.73. The summed E-state index contributed by atoms with van der Waals surface area (Å²) in [5, 5.41) is 10.8. The zero-order valence-corrected chi connectivity index (χ0v) is 14.5. The van der Waals surface area contributed by atoms with E-state index in [0.29, 0.717) is 32.8 Å². The van der Waals surface area contributed by atoms with Gasteiger partial charge in [0.05, 0.1) is 5.36 Å². The highest BCUT2D eigenvalue weighted by Gasteiger charge is 2.34. The van der Waals surface area contributed by atoms with Crippen molar-refractivity contribution in [3.8, 4) is 0 Å². The second kappa shape index (κ2) is 6.76. The molecule has 4 rings (SSSR count). The first kappa shape index (κ1) is 16.5. The lowest BCUT2D eigenvalue weighted by molar-refractivity contribution is -0.116. The van der Waals surface area contributed by atoms with Crippen molar-refractivity contribution >= 4 is 28.5 Å². The molecule has 2 aromatic carbocycles. The first-order chi connectivity index (χ1) is 12.7. The van der Waals surface area contributed by atoms with Gasteiger partial charge in [-0.2, -0.15) is 0 Å². The van der Waals surface area contributed by atoms with Gasteiger partial charge < -0.3 is 0 Å². The largest absolute Gasteiger partial charge is 0.298 e. The minimum Gasteiger partial charge on any atom is -0.298 e. The van der Waals surface area contributed by atoms with Gasteiger partial charge in [0, 0.05) is 16.5 Å². The summed E-state index contributed by atoms with van der Waals surface area (Å²) in [6, 6.07) is 13.6. The molecule has 0 aromatic heterocycles. The fourth-order valence-electron chi connectivity index (χ4n) is 2.91. The van der Waals surface area contributed by atoms with E-state index in [-0.39, 0.29) is 11.7 Å². The highest BCUT2D eigenvalue weighted by Crippen LogP contribution is 2.30. The van der Waals surface area contributed by atoms with Crippen molar-refractivity contribution in [2.75, 3.05) is 5.75 Å². The van der Waals surface area contributed by atoms with E-state index in [4.69, 9.17) is 4.99 Å². The van der Waals surface area contributed by atoms with Crippen molar-refractivity contribution < 1.29 is 9.18 Å². The zero-order valence-electron chi connectivity index (χ0n) is 13.7. The van der Waals surface area contributed by atoms with Crippen LogP contribution in [0.5, 0.6) is 0 Å². The quantitative estimate of drug-likeness (QED) is 0.844. The van der Waals surface area contributed by atoms with Gasteiger partial charge in [-0.3, -0.25) is 15.1 Å². The fourth-order valence-corrected chi connectivity index (χ4v) is 3.50. The Bertz CT molecular complexity index is 1050. The third-order valence-corrected chi connectivity index (χ3v) is 4.86. The fraction of sp³-hybridized carbons (Fsp3) is 0.105. The van der Waals surface area contributed by atoms with E-state index < -0.39 is 6.17 Å². The number of rotatable bonds is 3. The molecule has 0 saturated heterocycles. The molecule has 130 valence electrons. The Balaban J connectivity index is 1.92. The molecule has 0 saturated carbocycles. The molecular formula is C19H15FN4OS. The molecule has 1 atom stereocenters. The number of carbonyl (C=O) groups is 1. The van der Waals surface area contributed by atoms with Gasteiger partial charge in [-0.25, -0.2) is 9.40 Å². The standard InChI is InChI=1S/C19H15FN4OS/c1-2-10-26-19-22-18(25)16-14-8-3-4-9-15(14)21-17(24(16)23-19)12-6-5-7-13(20)11-12/h2-9,11,17H,1,10H2,(H,22,23,25). The van der Waals surface area contributed by atoms with E-state index in [1.807, 2.05) is 24.3 Å². The SMILES string of the molecule is C=CCSC1=NN2C(=c3ccccc3=NC2c2cccc(F)c2)C(=O)N1. The molecule has 0 spiro atoms. The van der Waals surface area contributed by atoms with E-state index in [1.165, 1.54) is 23.9 Å². The number of para-hydroxylation sites is 1. The first-order valence-electron chi connectivity index (χ1n) is 8.03. The molecule has 0 fully saturated rings. The lowest BCUT2D eigenvalue weighted by Crippen LogP contribution is -2.50. The van der Waals surface area contributed by atoms with Gasteiger partial charge in [0.25, 0.3) is 5.91 Å². The van der Waals surface area contributed by atoms with Crippen LogP contribution in [0.4, 0.5) is 4.39 Å². The summed E-state index contributed by atoms with van der Waals surface area (Å²) in [6.07, 6.45) is 1.12. The number of nitrogens with one attached hydrogen (secondary N) is 1. The Morgan fingerprint density at radius 1 is 1.27 bits per heavy atom. The van der Waals surface area contributed by atoms with Crippen LogP contribution >= 0.6 is 11.8 Å². The number of fused-ring (bicyclic) bond motifs is 2. The van der Waals surface area contributed by atoms with Gasteiger partial charge in [-0.15, -0.1) is 11.7 Å². The van der Waals surface area contributed by atoms with E-state index in [0.717, 1.165) is 0 Å². The summed E-state index contributed by atoms with van der Waals surface area (Å²) in [7, 11) is 0. The number of halogens is 1. The average Bonchev–Trinajstić information content (AvgIpc) is 2.65. The van der Waals surface area contributed by atoms with Crippen LogP contribution in [0.25, 0.3) is 5.70 Å².